The van der Waals surface area contributed by atoms with Crippen molar-refractivity contribution >= 4 is 0 Å². The summed E-state index contributed by atoms with van der Waals surface area (Å²) in [5.41, 5.74) is 0.866. The van der Waals surface area contributed by atoms with Crippen molar-refractivity contribution in [3.05, 3.63) is 35.4 Å². The van der Waals surface area contributed by atoms with Crippen LogP contribution in [0.5, 0.6) is 34.5 Å². The van der Waals surface area contributed by atoms with Gasteiger partial charge in [0, 0.05) is 11.1 Å². The maximum absolute atomic E-state index is 9.89. The lowest BCUT2D eigenvalue weighted by Crippen LogP contribution is -1.92. The summed E-state index contributed by atoms with van der Waals surface area (Å²) in [5.74, 6) is 5.61. The Balaban J connectivity index is 2.41. The summed E-state index contributed by atoms with van der Waals surface area (Å²) >= 11 is 0. The second kappa shape index (κ2) is 6.71. The summed E-state index contributed by atoms with van der Waals surface area (Å²) in [7, 11) is 4.21. The number of benzene rings is 2. The number of hydrogen-bond acceptors (Lipinski definition) is 6. The van der Waals surface area contributed by atoms with Crippen LogP contribution in [0.2, 0.25) is 0 Å². The van der Waals surface area contributed by atoms with Gasteiger partial charge in [-0.3, -0.25) is 0 Å². The van der Waals surface area contributed by atoms with Gasteiger partial charge in [-0.15, -0.1) is 0 Å². The van der Waals surface area contributed by atoms with Gasteiger partial charge in [-0.2, -0.15) is 0 Å². The minimum absolute atomic E-state index is 0.0145. The van der Waals surface area contributed by atoms with E-state index in [1.54, 1.807) is 6.07 Å². The zero-order chi connectivity index (χ0) is 17.0. The normalized spacial score (nSPS) is 9.70. The average Bonchev–Trinajstić information content (AvgIpc) is 2.52. The molecule has 0 aliphatic rings. The van der Waals surface area contributed by atoms with E-state index >= 15 is 0 Å². The lowest BCUT2D eigenvalue weighted by molar-refractivity contribution is 0.333. The molecule has 2 aromatic carbocycles. The molecule has 0 aromatic heterocycles. The maximum atomic E-state index is 9.89. The van der Waals surface area contributed by atoms with Crippen molar-refractivity contribution in [3.63, 3.8) is 0 Å². The number of phenolic OH excluding ortho intramolecular Hbond substituents is 3. The minimum Gasteiger partial charge on any atom is -0.504 e. The van der Waals surface area contributed by atoms with Crippen LogP contribution in [0.4, 0.5) is 0 Å². The Bertz CT molecular complexity index is 763. The average molecular weight is 316 g/mol. The van der Waals surface area contributed by atoms with E-state index in [1.165, 1.54) is 39.5 Å². The number of methoxy groups -OCH3 is 3. The third kappa shape index (κ3) is 3.35. The van der Waals surface area contributed by atoms with Crippen LogP contribution in [0.25, 0.3) is 0 Å². The Labute approximate surface area is 133 Å². The molecule has 0 fully saturated rings. The molecule has 0 bridgehead atoms. The van der Waals surface area contributed by atoms with Gasteiger partial charge in [0.2, 0.25) is 11.5 Å². The molecule has 0 atom stereocenters. The molecule has 0 unspecified atom stereocenters. The third-order valence-corrected chi connectivity index (χ3v) is 3.06. The maximum Gasteiger partial charge on any atom is 0.203 e. The lowest BCUT2D eigenvalue weighted by atomic mass is 10.1. The predicted octanol–water partition coefficient (Wildman–Crippen LogP) is 2.23. The fourth-order valence-electron chi connectivity index (χ4n) is 2.04. The lowest BCUT2D eigenvalue weighted by Gasteiger charge is -2.09. The van der Waals surface area contributed by atoms with Crippen molar-refractivity contribution < 1.29 is 29.5 Å². The SMILES string of the molecule is COc1cc(C#Cc2cc(O)c(OC)c(O)c2)cc(O)c1OC. The van der Waals surface area contributed by atoms with E-state index < -0.39 is 0 Å². The quantitative estimate of drug-likeness (QED) is 0.753. The van der Waals surface area contributed by atoms with Crippen LogP contribution in [0.15, 0.2) is 24.3 Å². The minimum atomic E-state index is -0.216. The van der Waals surface area contributed by atoms with Crippen LogP contribution in [-0.4, -0.2) is 36.6 Å². The van der Waals surface area contributed by atoms with Crippen molar-refractivity contribution in [1.29, 1.82) is 0 Å². The Morgan fingerprint density at radius 3 is 1.52 bits per heavy atom. The molecule has 2 rings (SSSR count). The topological polar surface area (TPSA) is 88.4 Å². The van der Waals surface area contributed by atoms with Gasteiger partial charge in [-0.25, -0.2) is 0 Å². The van der Waals surface area contributed by atoms with Gasteiger partial charge >= 0.3 is 0 Å². The van der Waals surface area contributed by atoms with Crippen molar-refractivity contribution in [2.75, 3.05) is 21.3 Å². The van der Waals surface area contributed by atoms with Crippen LogP contribution in [0.3, 0.4) is 0 Å². The molecule has 0 spiro atoms. The second-order valence-electron chi connectivity index (χ2n) is 4.53. The van der Waals surface area contributed by atoms with Gasteiger partial charge in [0.1, 0.15) is 0 Å². The molecular weight excluding hydrogens is 300 g/mol. The molecule has 0 amide bonds. The predicted molar refractivity (Wildman–Crippen MR) is 83.5 cm³/mol. The van der Waals surface area contributed by atoms with E-state index in [1.807, 2.05) is 0 Å². The van der Waals surface area contributed by atoms with E-state index in [9.17, 15) is 15.3 Å². The summed E-state index contributed by atoms with van der Waals surface area (Å²) in [6, 6.07) is 5.77. The highest BCUT2D eigenvalue weighted by molar-refractivity contribution is 5.59. The first-order valence-corrected chi connectivity index (χ1v) is 6.57. The van der Waals surface area contributed by atoms with Crippen molar-refractivity contribution in [3.8, 4) is 46.3 Å². The van der Waals surface area contributed by atoms with Gasteiger partial charge in [-0.05, 0) is 24.3 Å². The zero-order valence-electron chi connectivity index (χ0n) is 12.9. The summed E-state index contributed by atoms with van der Waals surface area (Å²) in [5, 5.41) is 29.4. The second-order valence-corrected chi connectivity index (χ2v) is 4.53. The summed E-state index contributed by atoms with van der Waals surface area (Å²) in [4.78, 5) is 0. The molecule has 2 aromatic rings. The Hall–Kier alpha value is -3.20. The molecule has 3 N–H and O–H groups in total. The Morgan fingerprint density at radius 1 is 0.652 bits per heavy atom. The van der Waals surface area contributed by atoms with E-state index in [0.29, 0.717) is 16.9 Å². The Morgan fingerprint density at radius 2 is 1.09 bits per heavy atom. The molecule has 0 radical (unpaired) electrons. The van der Waals surface area contributed by atoms with Crippen LogP contribution in [0.1, 0.15) is 11.1 Å². The molecule has 6 heteroatoms. The van der Waals surface area contributed by atoms with E-state index in [0.717, 1.165) is 0 Å². The van der Waals surface area contributed by atoms with Gasteiger partial charge in [-0.1, -0.05) is 11.8 Å². The highest BCUT2D eigenvalue weighted by Crippen LogP contribution is 2.38. The van der Waals surface area contributed by atoms with Crippen molar-refractivity contribution in [2.24, 2.45) is 0 Å². The molecule has 23 heavy (non-hydrogen) atoms. The largest absolute Gasteiger partial charge is 0.504 e. The molecule has 6 nitrogen and oxygen atoms in total. The van der Waals surface area contributed by atoms with Crippen LogP contribution in [0, 0.1) is 11.8 Å². The highest BCUT2D eigenvalue weighted by Gasteiger charge is 2.11. The first kappa shape index (κ1) is 16.2. The summed E-state index contributed by atoms with van der Waals surface area (Å²) in [6.07, 6.45) is 0. The molecule has 120 valence electrons. The molecule has 0 aliphatic carbocycles. The smallest absolute Gasteiger partial charge is 0.203 e. The summed E-state index contributed by atoms with van der Waals surface area (Å²) < 4.78 is 15.0. The van der Waals surface area contributed by atoms with E-state index in [-0.39, 0.29) is 28.7 Å². The van der Waals surface area contributed by atoms with Crippen LogP contribution in [-0.2, 0) is 0 Å². The van der Waals surface area contributed by atoms with Gasteiger partial charge < -0.3 is 29.5 Å². The van der Waals surface area contributed by atoms with Crippen LogP contribution < -0.4 is 14.2 Å². The highest BCUT2D eigenvalue weighted by atomic mass is 16.5. The van der Waals surface area contributed by atoms with Gasteiger partial charge in [0.25, 0.3) is 0 Å². The summed E-state index contributed by atoms with van der Waals surface area (Å²) in [6.45, 7) is 0. The Kier molecular flexibility index (Phi) is 4.72. The third-order valence-electron chi connectivity index (χ3n) is 3.06. The van der Waals surface area contributed by atoms with Crippen molar-refractivity contribution in [1.82, 2.24) is 0 Å². The van der Waals surface area contributed by atoms with Gasteiger partial charge in [0.05, 0.1) is 21.3 Å². The fraction of sp³-hybridized carbons (Fsp3) is 0.176. The number of rotatable bonds is 3. The first-order valence-electron chi connectivity index (χ1n) is 6.57. The van der Waals surface area contributed by atoms with Gasteiger partial charge in [0.15, 0.2) is 23.0 Å². The zero-order valence-corrected chi connectivity index (χ0v) is 12.9. The fourth-order valence-corrected chi connectivity index (χ4v) is 2.04. The molecule has 0 saturated carbocycles. The molecule has 0 saturated heterocycles. The van der Waals surface area contributed by atoms with Crippen LogP contribution >= 0.6 is 0 Å². The number of ether oxygens (including phenoxy) is 3. The number of hydrogen-bond donors (Lipinski definition) is 3. The number of phenols is 3. The molecule has 0 aliphatic heterocycles. The van der Waals surface area contributed by atoms with E-state index in [4.69, 9.17) is 14.2 Å². The molecular formula is C17H16O6. The van der Waals surface area contributed by atoms with Crippen molar-refractivity contribution in [2.45, 2.75) is 0 Å². The first-order chi connectivity index (χ1) is 11.0. The molecule has 0 heterocycles. The monoisotopic (exact) mass is 316 g/mol. The number of aromatic hydroxyl groups is 3. The standard InChI is InChI=1S/C17H16O6/c1-21-15-9-11(8-14(20)17(15)23-3)5-4-10-6-12(18)16(22-2)13(19)7-10/h6-9,18-20H,1-3H3. The van der Waals surface area contributed by atoms with E-state index in [2.05, 4.69) is 11.8 Å².